The van der Waals surface area contributed by atoms with Crippen molar-refractivity contribution in [3.63, 3.8) is 0 Å². The summed E-state index contributed by atoms with van der Waals surface area (Å²) in [7, 11) is 0. The molecule has 0 aliphatic heterocycles. The molecule has 0 aliphatic carbocycles. The van der Waals surface area contributed by atoms with Gasteiger partial charge in [0.2, 0.25) is 0 Å². The molecule has 2 rings (SSSR count). The molecule has 88 valence electrons. The minimum Gasteiger partial charge on any atom is -0.241 e. The summed E-state index contributed by atoms with van der Waals surface area (Å²) in [5.74, 6) is 0.892. The predicted molar refractivity (Wildman–Crippen MR) is 70.0 cm³/mol. The van der Waals surface area contributed by atoms with Gasteiger partial charge in [-0.3, -0.25) is 0 Å². The molecule has 0 saturated carbocycles. The first-order chi connectivity index (χ1) is 8.05. The van der Waals surface area contributed by atoms with Crippen LogP contribution in [0.5, 0.6) is 0 Å². The van der Waals surface area contributed by atoms with Gasteiger partial charge >= 0.3 is 0 Å². The van der Waals surface area contributed by atoms with E-state index in [2.05, 4.69) is 42.9 Å². The summed E-state index contributed by atoms with van der Waals surface area (Å²) in [6.45, 7) is 6.50. The van der Waals surface area contributed by atoms with E-state index in [1.54, 1.807) is 0 Å². The Morgan fingerprint density at radius 3 is 2.35 bits per heavy atom. The van der Waals surface area contributed by atoms with E-state index in [1.165, 1.54) is 5.56 Å². The van der Waals surface area contributed by atoms with Crippen LogP contribution in [0.15, 0.2) is 42.6 Å². The van der Waals surface area contributed by atoms with Gasteiger partial charge in [-0.1, -0.05) is 51.1 Å². The van der Waals surface area contributed by atoms with Gasteiger partial charge in [-0.25, -0.2) is 9.97 Å². The summed E-state index contributed by atoms with van der Waals surface area (Å²) in [5, 5.41) is 0. The maximum atomic E-state index is 4.63. The molecule has 0 radical (unpaired) electrons. The standard InChI is InChI=1S/C15H18N2/c1-15(2,3)13-9-10-16-14(17-13)11-12-7-5-4-6-8-12/h4-10H,11H2,1-3H3. The second kappa shape index (κ2) is 4.66. The molecule has 1 aromatic carbocycles. The van der Waals surface area contributed by atoms with E-state index in [-0.39, 0.29) is 5.41 Å². The molecule has 0 atom stereocenters. The molecule has 2 heteroatoms. The average molecular weight is 226 g/mol. The maximum absolute atomic E-state index is 4.63. The third-order valence-electron chi connectivity index (χ3n) is 2.68. The molecule has 1 aromatic heterocycles. The van der Waals surface area contributed by atoms with Crippen LogP contribution in [0.1, 0.15) is 37.9 Å². The van der Waals surface area contributed by atoms with Gasteiger partial charge in [0.25, 0.3) is 0 Å². The Balaban J connectivity index is 2.23. The first kappa shape index (κ1) is 11.8. The van der Waals surface area contributed by atoms with E-state index in [0.29, 0.717) is 0 Å². The van der Waals surface area contributed by atoms with Crippen LogP contribution in [0.2, 0.25) is 0 Å². The maximum Gasteiger partial charge on any atom is 0.132 e. The van der Waals surface area contributed by atoms with Gasteiger partial charge in [-0.2, -0.15) is 0 Å². The van der Waals surface area contributed by atoms with E-state index in [4.69, 9.17) is 0 Å². The Morgan fingerprint density at radius 1 is 1.00 bits per heavy atom. The summed E-state index contributed by atoms with van der Waals surface area (Å²) < 4.78 is 0. The van der Waals surface area contributed by atoms with E-state index in [9.17, 15) is 0 Å². The average Bonchev–Trinajstić information content (AvgIpc) is 2.29. The highest BCUT2D eigenvalue weighted by Crippen LogP contribution is 2.19. The molecule has 0 N–H and O–H groups in total. The number of rotatable bonds is 2. The highest BCUT2D eigenvalue weighted by molar-refractivity contribution is 5.20. The van der Waals surface area contributed by atoms with Crippen LogP contribution in [-0.4, -0.2) is 9.97 Å². The Kier molecular flexibility index (Phi) is 3.23. The lowest BCUT2D eigenvalue weighted by molar-refractivity contribution is 0.563. The fraction of sp³-hybridized carbons (Fsp3) is 0.333. The van der Waals surface area contributed by atoms with E-state index in [0.717, 1.165) is 17.9 Å². The quantitative estimate of drug-likeness (QED) is 0.784. The largest absolute Gasteiger partial charge is 0.241 e. The smallest absolute Gasteiger partial charge is 0.132 e. The van der Waals surface area contributed by atoms with Crippen LogP contribution in [0, 0.1) is 0 Å². The first-order valence-electron chi connectivity index (χ1n) is 5.92. The van der Waals surface area contributed by atoms with E-state index >= 15 is 0 Å². The van der Waals surface area contributed by atoms with Crippen molar-refractivity contribution in [2.24, 2.45) is 0 Å². The third-order valence-corrected chi connectivity index (χ3v) is 2.68. The van der Waals surface area contributed by atoms with Crippen LogP contribution >= 0.6 is 0 Å². The van der Waals surface area contributed by atoms with Crippen LogP contribution in [0.4, 0.5) is 0 Å². The summed E-state index contributed by atoms with van der Waals surface area (Å²) in [6, 6.07) is 12.3. The van der Waals surface area contributed by atoms with E-state index < -0.39 is 0 Å². The molecule has 0 unspecified atom stereocenters. The fourth-order valence-electron chi connectivity index (χ4n) is 1.68. The van der Waals surface area contributed by atoms with Gasteiger partial charge in [0.1, 0.15) is 5.82 Å². The zero-order valence-electron chi connectivity index (χ0n) is 10.6. The summed E-state index contributed by atoms with van der Waals surface area (Å²) >= 11 is 0. The number of nitrogens with zero attached hydrogens (tertiary/aromatic N) is 2. The summed E-state index contributed by atoms with van der Waals surface area (Å²) in [5.41, 5.74) is 2.42. The SMILES string of the molecule is CC(C)(C)c1ccnc(Cc2ccccc2)n1. The number of hydrogen-bond donors (Lipinski definition) is 0. The lowest BCUT2D eigenvalue weighted by atomic mass is 9.92. The van der Waals surface area contributed by atoms with Crippen LogP contribution in [-0.2, 0) is 11.8 Å². The molecule has 2 nitrogen and oxygen atoms in total. The van der Waals surface area contributed by atoms with Crippen molar-refractivity contribution in [1.82, 2.24) is 9.97 Å². The molecule has 0 spiro atoms. The molecule has 0 fully saturated rings. The zero-order valence-corrected chi connectivity index (χ0v) is 10.6. The van der Waals surface area contributed by atoms with E-state index in [1.807, 2.05) is 30.5 Å². The monoisotopic (exact) mass is 226 g/mol. The first-order valence-corrected chi connectivity index (χ1v) is 5.92. The minimum atomic E-state index is 0.0778. The molecule has 2 aromatic rings. The normalized spacial score (nSPS) is 11.5. The van der Waals surface area contributed by atoms with Gasteiger partial charge in [0, 0.05) is 23.7 Å². The number of benzene rings is 1. The molecular formula is C15H18N2. The Bertz CT molecular complexity index is 484. The molecule has 0 amide bonds. The van der Waals surface area contributed by atoms with Crippen LogP contribution in [0.3, 0.4) is 0 Å². The Morgan fingerprint density at radius 2 is 1.71 bits per heavy atom. The van der Waals surface area contributed by atoms with Crippen molar-refractivity contribution < 1.29 is 0 Å². The number of aromatic nitrogens is 2. The van der Waals surface area contributed by atoms with Crippen LogP contribution < -0.4 is 0 Å². The van der Waals surface area contributed by atoms with Gasteiger partial charge in [0.05, 0.1) is 0 Å². The molecule has 1 heterocycles. The van der Waals surface area contributed by atoms with Crippen molar-refractivity contribution in [3.8, 4) is 0 Å². The minimum absolute atomic E-state index is 0.0778. The highest BCUT2D eigenvalue weighted by Gasteiger charge is 2.15. The summed E-state index contributed by atoms with van der Waals surface area (Å²) in [6.07, 6.45) is 2.65. The topological polar surface area (TPSA) is 25.8 Å². The van der Waals surface area contributed by atoms with Gasteiger partial charge in [-0.05, 0) is 11.6 Å². The number of hydrogen-bond acceptors (Lipinski definition) is 2. The molecule has 17 heavy (non-hydrogen) atoms. The van der Waals surface area contributed by atoms with Crippen molar-refractivity contribution in [2.45, 2.75) is 32.6 Å². The predicted octanol–water partition coefficient (Wildman–Crippen LogP) is 3.36. The Hall–Kier alpha value is -1.70. The highest BCUT2D eigenvalue weighted by atomic mass is 14.9. The second-order valence-corrected chi connectivity index (χ2v) is 5.27. The van der Waals surface area contributed by atoms with Crippen LogP contribution in [0.25, 0.3) is 0 Å². The third kappa shape index (κ3) is 3.13. The molecule has 0 aliphatic rings. The zero-order chi connectivity index (χ0) is 12.3. The van der Waals surface area contributed by atoms with Crippen molar-refractivity contribution in [3.05, 3.63) is 59.7 Å². The lowest BCUT2D eigenvalue weighted by Gasteiger charge is -2.17. The lowest BCUT2D eigenvalue weighted by Crippen LogP contribution is -2.15. The second-order valence-electron chi connectivity index (χ2n) is 5.27. The summed E-state index contributed by atoms with van der Waals surface area (Å²) in [4.78, 5) is 8.97. The van der Waals surface area contributed by atoms with Crippen molar-refractivity contribution >= 4 is 0 Å². The van der Waals surface area contributed by atoms with Gasteiger partial charge in [0.15, 0.2) is 0 Å². The molecule has 0 saturated heterocycles. The van der Waals surface area contributed by atoms with Crippen molar-refractivity contribution in [2.75, 3.05) is 0 Å². The van der Waals surface area contributed by atoms with Gasteiger partial charge in [-0.15, -0.1) is 0 Å². The Labute approximate surface area is 103 Å². The van der Waals surface area contributed by atoms with Gasteiger partial charge < -0.3 is 0 Å². The molecule has 0 bridgehead atoms. The van der Waals surface area contributed by atoms with Crippen molar-refractivity contribution in [1.29, 1.82) is 0 Å². The molecular weight excluding hydrogens is 208 g/mol. The fourth-order valence-corrected chi connectivity index (χ4v) is 1.68.